The van der Waals surface area contributed by atoms with Gasteiger partial charge < -0.3 is 19.8 Å². The van der Waals surface area contributed by atoms with Gasteiger partial charge in [-0.2, -0.15) is 0 Å². The molecule has 0 amide bonds. The van der Waals surface area contributed by atoms with Gasteiger partial charge in [0.2, 0.25) is 0 Å². The van der Waals surface area contributed by atoms with Crippen molar-refractivity contribution in [3.05, 3.63) is 95.6 Å². The van der Waals surface area contributed by atoms with Crippen LogP contribution < -0.4 is 4.74 Å². The standard InChI is InChI=1S/C28H33NO3/c1-29(2)19-7-21-32-26-17-13-24(14-18-26)28(23-11-15-25(31)16-12-23)27(10-6-20-30)22-8-4-3-5-9-22/h3-5,8-9,11-18,30-31H,6-7,10,19-21H2,1-2H3. The Kier molecular flexibility index (Phi) is 8.90. The largest absolute Gasteiger partial charge is 0.508 e. The van der Waals surface area contributed by atoms with Gasteiger partial charge in [0.25, 0.3) is 0 Å². The van der Waals surface area contributed by atoms with E-state index in [1.165, 1.54) is 5.57 Å². The zero-order valence-corrected chi connectivity index (χ0v) is 19.0. The highest BCUT2D eigenvalue weighted by Gasteiger charge is 2.14. The fourth-order valence-corrected chi connectivity index (χ4v) is 3.74. The van der Waals surface area contributed by atoms with Crippen LogP contribution in [-0.4, -0.2) is 49.0 Å². The molecule has 0 aliphatic rings. The van der Waals surface area contributed by atoms with Crippen molar-refractivity contribution in [3.63, 3.8) is 0 Å². The summed E-state index contributed by atoms with van der Waals surface area (Å²) in [6.45, 7) is 1.82. The summed E-state index contributed by atoms with van der Waals surface area (Å²) in [6, 6.07) is 25.8. The molecule has 0 atom stereocenters. The summed E-state index contributed by atoms with van der Waals surface area (Å²) in [5, 5.41) is 19.3. The maximum atomic E-state index is 9.81. The van der Waals surface area contributed by atoms with Gasteiger partial charge in [-0.05, 0) is 85.5 Å². The Morgan fingerprint density at radius 2 is 1.41 bits per heavy atom. The van der Waals surface area contributed by atoms with Crippen LogP contribution in [0.4, 0.5) is 0 Å². The second-order valence-corrected chi connectivity index (χ2v) is 8.12. The number of aliphatic hydroxyl groups excluding tert-OH is 1. The smallest absolute Gasteiger partial charge is 0.119 e. The van der Waals surface area contributed by atoms with E-state index in [2.05, 4.69) is 43.3 Å². The number of nitrogens with zero attached hydrogens (tertiary/aromatic N) is 1. The SMILES string of the molecule is CN(C)CCCOc1ccc(C(=C(CCCO)c2ccccc2)c2ccc(O)cc2)cc1. The van der Waals surface area contributed by atoms with E-state index >= 15 is 0 Å². The van der Waals surface area contributed by atoms with Crippen LogP contribution in [0.15, 0.2) is 78.9 Å². The van der Waals surface area contributed by atoms with Crippen molar-refractivity contribution >= 4 is 11.1 Å². The van der Waals surface area contributed by atoms with Gasteiger partial charge in [0.15, 0.2) is 0 Å². The van der Waals surface area contributed by atoms with Crippen molar-refractivity contribution in [2.75, 3.05) is 33.9 Å². The lowest BCUT2D eigenvalue weighted by molar-refractivity contribution is 0.281. The number of aliphatic hydroxyl groups is 1. The van der Waals surface area contributed by atoms with Gasteiger partial charge in [0.05, 0.1) is 6.61 Å². The number of rotatable bonds is 11. The first-order valence-electron chi connectivity index (χ1n) is 11.2. The summed E-state index contributed by atoms with van der Waals surface area (Å²) in [5.41, 5.74) is 5.51. The molecule has 2 N–H and O–H groups in total. The molecular weight excluding hydrogens is 398 g/mol. The van der Waals surface area contributed by atoms with Crippen molar-refractivity contribution in [2.45, 2.75) is 19.3 Å². The van der Waals surface area contributed by atoms with Crippen LogP contribution in [0.1, 0.15) is 36.0 Å². The molecule has 0 radical (unpaired) electrons. The van der Waals surface area contributed by atoms with Gasteiger partial charge in [-0.15, -0.1) is 0 Å². The number of ether oxygens (including phenoxy) is 1. The van der Waals surface area contributed by atoms with Crippen LogP contribution >= 0.6 is 0 Å². The van der Waals surface area contributed by atoms with Gasteiger partial charge >= 0.3 is 0 Å². The summed E-state index contributed by atoms with van der Waals surface area (Å²) in [5.74, 6) is 1.10. The summed E-state index contributed by atoms with van der Waals surface area (Å²) < 4.78 is 5.91. The molecule has 0 aliphatic heterocycles. The second kappa shape index (κ2) is 12.1. The number of allylic oxidation sites excluding steroid dienone is 1. The normalized spacial score (nSPS) is 12.0. The molecule has 168 valence electrons. The number of hydrogen-bond acceptors (Lipinski definition) is 4. The van der Waals surface area contributed by atoms with Gasteiger partial charge in [-0.25, -0.2) is 0 Å². The van der Waals surface area contributed by atoms with E-state index < -0.39 is 0 Å². The minimum absolute atomic E-state index is 0.138. The fourth-order valence-electron chi connectivity index (χ4n) is 3.74. The second-order valence-electron chi connectivity index (χ2n) is 8.12. The number of hydrogen-bond donors (Lipinski definition) is 2. The lowest BCUT2D eigenvalue weighted by Gasteiger charge is -2.18. The molecule has 0 aromatic heterocycles. The van der Waals surface area contributed by atoms with E-state index in [0.717, 1.165) is 47.4 Å². The molecule has 32 heavy (non-hydrogen) atoms. The molecule has 0 bridgehead atoms. The van der Waals surface area contributed by atoms with Crippen LogP contribution in [0, 0.1) is 0 Å². The highest BCUT2D eigenvalue weighted by molar-refractivity contribution is 5.98. The maximum Gasteiger partial charge on any atom is 0.119 e. The third-order valence-electron chi connectivity index (χ3n) is 5.33. The third-order valence-corrected chi connectivity index (χ3v) is 5.33. The van der Waals surface area contributed by atoms with Gasteiger partial charge in [-0.1, -0.05) is 54.6 Å². The zero-order valence-electron chi connectivity index (χ0n) is 19.0. The molecule has 3 aromatic carbocycles. The average molecular weight is 432 g/mol. The summed E-state index contributed by atoms with van der Waals surface area (Å²) in [4.78, 5) is 2.15. The molecule has 4 heteroatoms. The van der Waals surface area contributed by atoms with Crippen LogP contribution in [0.3, 0.4) is 0 Å². The maximum absolute atomic E-state index is 9.81. The first-order valence-corrected chi connectivity index (χ1v) is 11.2. The molecule has 0 heterocycles. The van der Waals surface area contributed by atoms with E-state index in [0.29, 0.717) is 13.0 Å². The van der Waals surface area contributed by atoms with Crippen LogP contribution in [-0.2, 0) is 0 Å². The molecule has 0 spiro atoms. The molecule has 0 aliphatic carbocycles. The Labute approximate surface area is 191 Å². The minimum atomic E-state index is 0.138. The monoisotopic (exact) mass is 431 g/mol. The Hall–Kier alpha value is -3.08. The van der Waals surface area contributed by atoms with E-state index in [1.54, 1.807) is 12.1 Å². The Balaban J connectivity index is 1.99. The van der Waals surface area contributed by atoms with Crippen LogP contribution in [0.5, 0.6) is 11.5 Å². The van der Waals surface area contributed by atoms with Crippen molar-refractivity contribution in [1.29, 1.82) is 0 Å². The average Bonchev–Trinajstić information content (AvgIpc) is 2.81. The van der Waals surface area contributed by atoms with E-state index in [1.807, 2.05) is 42.5 Å². The van der Waals surface area contributed by atoms with Crippen LogP contribution in [0.25, 0.3) is 11.1 Å². The topological polar surface area (TPSA) is 52.9 Å². The number of benzene rings is 3. The number of phenolic OH excluding ortho intramolecular Hbond substituents is 1. The third kappa shape index (κ3) is 6.71. The van der Waals surface area contributed by atoms with Gasteiger partial charge in [0.1, 0.15) is 11.5 Å². The summed E-state index contributed by atoms with van der Waals surface area (Å²) >= 11 is 0. The lowest BCUT2D eigenvalue weighted by Crippen LogP contribution is -2.15. The fraction of sp³-hybridized carbons (Fsp3) is 0.286. The molecular formula is C28H33NO3. The molecule has 0 fully saturated rings. The summed E-state index contributed by atoms with van der Waals surface area (Å²) in [6.07, 6.45) is 2.41. The Morgan fingerprint density at radius 1 is 0.781 bits per heavy atom. The lowest BCUT2D eigenvalue weighted by atomic mass is 9.87. The zero-order chi connectivity index (χ0) is 22.8. The molecule has 3 rings (SSSR count). The van der Waals surface area contributed by atoms with E-state index in [4.69, 9.17) is 4.74 Å². The molecule has 0 saturated heterocycles. The first-order chi connectivity index (χ1) is 15.6. The van der Waals surface area contributed by atoms with Crippen molar-refractivity contribution in [2.24, 2.45) is 0 Å². The molecule has 4 nitrogen and oxygen atoms in total. The van der Waals surface area contributed by atoms with Gasteiger partial charge in [-0.3, -0.25) is 0 Å². The Morgan fingerprint density at radius 3 is 2.00 bits per heavy atom. The van der Waals surface area contributed by atoms with Crippen molar-refractivity contribution in [3.8, 4) is 11.5 Å². The molecule has 3 aromatic rings. The van der Waals surface area contributed by atoms with Crippen LogP contribution in [0.2, 0.25) is 0 Å². The molecule has 0 unspecified atom stereocenters. The number of aromatic hydroxyl groups is 1. The number of phenols is 1. The quantitative estimate of drug-likeness (QED) is 0.313. The highest BCUT2D eigenvalue weighted by Crippen LogP contribution is 2.36. The van der Waals surface area contributed by atoms with E-state index in [-0.39, 0.29) is 12.4 Å². The molecule has 0 saturated carbocycles. The predicted octanol–water partition coefficient (Wildman–Crippen LogP) is 5.45. The summed E-state index contributed by atoms with van der Waals surface area (Å²) in [7, 11) is 4.13. The minimum Gasteiger partial charge on any atom is -0.508 e. The Bertz CT molecular complexity index is 977. The van der Waals surface area contributed by atoms with Crippen molar-refractivity contribution in [1.82, 2.24) is 4.90 Å². The van der Waals surface area contributed by atoms with Crippen molar-refractivity contribution < 1.29 is 14.9 Å². The first kappa shape index (κ1) is 23.6. The van der Waals surface area contributed by atoms with Gasteiger partial charge in [0, 0.05) is 13.2 Å². The van der Waals surface area contributed by atoms with E-state index in [9.17, 15) is 10.2 Å². The highest BCUT2D eigenvalue weighted by atomic mass is 16.5. The predicted molar refractivity (Wildman–Crippen MR) is 132 cm³/mol.